The van der Waals surface area contributed by atoms with Crippen LogP contribution in [0.2, 0.25) is 0 Å². The van der Waals surface area contributed by atoms with Gasteiger partial charge in [-0.1, -0.05) is 42.5 Å². The maximum absolute atomic E-state index is 12.9. The van der Waals surface area contributed by atoms with Crippen LogP contribution >= 0.6 is 0 Å². The lowest BCUT2D eigenvalue weighted by Gasteiger charge is -2.14. The van der Waals surface area contributed by atoms with Crippen LogP contribution < -0.4 is 10.5 Å². The van der Waals surface area contributed by atoms with Crippen LogP contribution in [0.25, 0.3) is 10.8 Å². The number of hydrogen-bond acceptors (Lipinski definition) is 2. The van der Waals surface area contributed by atoms with Crippen LogP contribution in [0.4, 0.5) is 4.39 Å². The lowest BCUT2D eigenvalue weighted by atomic mass is 10.0. The maximum atomic E-state index is 12.9. The summed E-state index contributed by atoms with van der Waals surface area (Å²) >= 11 is 0. The molecule has 0 radical (unpaired) electrons. The van der Waals surface area contributed by atoms with Gasteiger partial charge in [0.1, 0.15) is 18.2 Å². The standard InChI is InChI=1S/C19H18FNO/c20-16-8-5-14(6-9-16)13-22-19-10-7-15-3-1-2-4-17(15)18(19)11-12-21/h1-10H,11-13,21H2. The van der Waals surface area contributed by atoms with E-state index >= 15 is 0 Å². The van der Waals surface area contributed by atoms with E-state index in [2.05, 4.69) is 18.2 Å². The van der Waals surface area contributed by atoms with Crippen molar-refractivity contribution in [3.05, 3.63) is 77.6 Å². The first-order valence-corrected chi connectivity index (χ1v) is 7.36. The lowest BCUT2D eigenvalue weighted by molar-refractivity contribution is 0.303. The molecule has 0 fully saturated rings. The van der Waals surface area contributed by atoms with Crippen molar-refractivity contribution in [1.82, 2.24) is 0 Å². The van der Waals surface area contributed by atoms with Gasteiger partial charge >= 0.3 is 0 Å². The second-order valence-corrected chi connectivity index (χ2v) is 5.22. The van der Waals surface area contributed by atoms with Crippen molar-refractivity contribution in [2.75, 3.05) is 6.54 Å². The van der Waals surface area contributed by atoms with Gasteiger partial charge in [0.05, 0.1) is 0 Å². The summed E-state index contributed by atoms with van der Waals surface area (Å²) in [5, 5.41) is 2.35. The summed E-state index contributed by atoms with van der Waals surface area (Å²) in [5.74, 6) is 0.603. The highest BCUT2D eigenvalue weighted by Crippen LogP contribution is 2.29. The minimum Gasteiger partial charge on any atom is -0.489 e. The van der Waals surface area contributed by atoms with Gasteiger partial charge in [-0.2, -0.15) is 0 Å². The van der Waals surface area contributed by atoms with Crippen LogP contribution in [0, 0.1) is 5.82 Å². The molecular formula is C19H18FNO. The second-order valence-electron chi connectivity index (χ2n) is 5.22. The number of halogens is 1. The fraction of sp³-hybridized carbons (Fsp3) is 0.158. The number of fused-ring (bicyclic) bond motifs is 1. The predicted octanol–water partition coefficient (Wildman–Crippen LogP) is 4.06. The lowest BCUT2D eigenvalue weighted by Crippen LogP contribution is -2.06. The molecule has 3 rings (SSSR count). The molecule has 3 aromatic carbocycles. The number of nitrogens with two attached hydrogens (primary N) is 1. The summed E-state index contributed by atoms with van der Waals surface area (Å²) in [7, 11) is 0. The average molecular weight is 295 g/mol. The number of benzene rings is 3. The zero-order chi connectivity index (χ0) is 15.4. The Kier molecular flexibility index (Phi) is 4.35. The number of ether oxygens (including phenoxy) is 1. The molecule has 0 aliphatic rings. The molecule has 0 heterocycles. The predicted molar refractivity (Wildman–Crippen MR) is 87.4 cm³/mol. The highest BCUT2D eigenvalue weighted by molar-refractivity contribution is 5.87. The largest absolute Gasteiger partial charge is 0.489 e. The van der Waals surface area contributed by atoms with Crippen LogP contribution in [-0.2, 0) is 13.0 Å². The Bertz CT molecular complexity index is 768. The molecule has 112 valence electrons. The Balaban J connectivity index is 1.89. The summed E-state index contributed by atoms with van der Waals surface area (Å²) in [6, 6.07) is 18.6. The minimum absolute atomic E-state index is 0.238. The zero-order valence-corrected chi connectivity index (χ0v) is 12.3. The van der Waals surface area contributed by atoms with Gasteiger partial charge in [-0.3, -0.25) is 0 Å². The van der Waals surface area contributed by atoms with Gasteiger partial charge in [-0.15, -0.1) is 0 Å². The number of hydrogen-bond donors (Lipinski definition) is 1. The molecule has 0 unspecified atom stereocenters. The summed E-state index contributed by atoms with van der Waals surface area (Å²) in [6.07, 6.45) is 0.764. The molecule has 3 aromatic rings. The topological polar surface area (TPSA) is 35.2 Å². The van der Waals surface area contributed by atoms with E-state index in [-0.39, 0.29) is 5.82 Å². The fourth-order valence-electron chi connectivity index (χ4n) is 2.60. The van der Waals surface area contributed by atoms with Crippen LogP contribution in [0.5, 0.6) is 5.75 Å². The molecule has 0 saturated heterocycles. The van der Waals surface area contributed by atoms with E-state index in [1.807, 2.05) is 18.2 Å². The van der Waals surface area contributed by atoms with E-state index in [0.29, 0.717) is 13.2 Å². The fourth-order valence-corrected chi connectivity index (χ4v) is 2.60. The third-order valence-electron chi connectivity index (χ3n) is 3.70. The zero-order valence-electron chi connectivity index (χ0n) is 12.3. The van der Waals surface area contributed by atoms with E-state index in [1.54, 1.807) is 12.1 Å². The third kappa shape index (κ3) is 3.10. The quantitative estimate of drug-likeness (QED) is 0.770. The van der Waals surface area contributed by atoms with Gasteiger partial charge < -0.3 is 10.5 Å². The molecule has 0 aliphatic heterocycles. The van der Waals surface area contributed by atoms with E-state index in [0.717, 1.165) is 23.3 Å². The van der Waals surface area contributed by atoms with Gasteiger partial charge in [0.2, 0.25) is 0 Å². The Morgan fingerprint density at radius 2 is 1.68 bits per heavy atom. The molecule has 2 nitrogen and oxygen atoms in total. The summed E-state index contributed by atoms with van der Waals surface area (Å²) in [4.78, 5) is 0. The smallest absolute Gasteiger partial charge is 0.123 e. The van der Waals surface area contributed by atoms with Crippen molar-refractivity contribution >= 4 is 10.8 Å². The Morgan fingerprint density at radius 1 is 0.909 bits per heavy atom. The molecule has 0 saturated carbocycles. The average Bonchev–Trinajstić information content (AvgIpc) is 2.56. The number of rotatable bonds is 5. The Morgan fingerprint density at radius 3 is 2.45 bits per heavy atom. The molecule has 0 aromatic heterocycles. The van der Waals surface area contributed by atoms with Crippen LogP contribution in [0.15, 0.2) is 60.7 Å². The van der Waals surface area contributed by atoms with Gasteiger partial charge in [0, 0.05) is 5.56 Å². The summed E-state index contributed by atoms with van der Waals surface area (Å²) in [6.45, 7) is 0.983. The monoisotopic (exact) mass is 295 g/mol. The van der Waals surface area contributed by atoms with E-state index in [4.69, 9.17) is 10.5 Å². The molecule has 2 N–H and O–H groups in total. The van der Waals surface area contributed by atoms with Crippen molar-refractivity contribution in [3.8, 4) is 5.75 Å². The highest BCUT2D eigenvalue weighted by Gasteiger charge is 2.08. The SMILES string of the molecule is NCCc1c(OCc2ccc(F)cc2)ccc2ccccc12. The van der Waals surface area contributed by atoms with Gasteiger partial charge in [-0.05, 0) is 47.5 Å². The van der Waals surface area contributed by atoms with Crippen LogP contribution in [0.3, 0.4) is 0 Å². The Labute approximate surface area is 129 Å². The molecule has 0 aliphatic carbocycles. The first-order chi connectivity index (χ1) is 10.8. The summed E-state index contributed by atoms with van der Waals surface area (Å²) < 4.78 is 18.9. The first kappa shape index (κ1) is 14.5. The van der Waals surface area contributed by atoms with Gasteiger partial charge in [0.15, 0.2) is 0 Å². The molecular weight excluding hydrogens is 277 g/mol. The second kappa shape index (κ2) is 6.58. The molecule has 0 amide bonds. The van der Waals surface area contributed by atoms with E-state index < -0.39 is 0 Å². The van der Waals surface area contributed by atoms with Crippen LogP contribution in [0.1, 0.15) is 11.1 Å². The van der Waals surface area contributed by atoms with Crippen molar-refractivity contribution in [2.24, 2.45) is 5.73 Å². The highest BCUT2D eigenvalue weighted by atomic mass is 19.1. The van der Waals surface area contributed by atoms with Gasteiger partial charge in [0.25, 0.3) is 0 Å². The third-order valence-corrected chi connectivity index (χ3v) is 3.70. The van der Waals surface area contributed by atoms with Gasteiger partial charge in [-0.25, -0.2) is 4.39 Å². The van der Waals surface area contributed by atoms with E-state index in [9.17, 15) is 4.39 Å². The first-order valence-electron chi connectivity index (χ1n) is 7.36. The maximum Gasteiger partial charge on any atom is 0.123 e. The minimum atomic E-state index is -0.238. The normalized spacial score (nSPS) is 10.8. The molecule has 0 atom stereocenters. The molecule has 22 heavy (non-hydrogen) atoms. The molecule has 0 spiro atoms. The Hall–Kier alpha value is -2.39. The van der Waals surface area contributed by atoms with Crippen molar-refractivity contribution in [2.45, 2.75) is 13.0 Å². The van der Waals surface area contributed by atoms with Crippen molar-refractivity contribution < 1.29 is 9.13 Å². The van der Waals surface area contributed by atoms with E-state index in [1.165, 1.54) is 22.9 Å². The molecule has 3 heteroatoms. The molecule has 0 bridgehead atoms. The summed E-state index contributed by atoms with van der Waals surface area (Å²) in [5.41, 5.74) is 7.81. The van der Waals surface area contributed by atoms with Crippen molar-refractivity contribution in [3.63, 3.8) is 0 Å². The van der Waals surface area contributed by atoms with Crippen molar-refractivity contribution in [1.29, 1.82) is 0 Å². The van der Waals surface area contributed by atoms with Crippen LogP contribution in [-0.4, -0.2) is 6.54 Å².